The molecule has 4 nitrogen and oxygen atoms in total. The fourth-order valence-electron chi connectivity index (χ4n) is 2.26. The fourth-order valence-corrected chi connectivity index (χ4v) is 3.43. The van der Waals surface area contributed by atoms with E-state index in [0.717, 1.165) is 38.3 Å². The largest absolute Gasteiger partial charge is 0.381 e. The molecule has 1 aromatic rings. The third kappa shape index (κ3) is 4.52. The van der Waals surface area contributed by atoms with E-state index < -0.39 is 0 Å². The summed E-state index contributed by atoms with van der Waals surface area (Å²) in [6.45, 7) is 9.74. The number of aromatic nitrogens is 1. The van der Waals surface area contributed by atoms with Gasteiger partial charge in [0.05, 0.1) is 17.3 Å². The Morgan fingerprint density at radius 2 is 2.05 bits per heavy atom. The van der Waals surface area contributed by atoms with Gasteiger partial charge in [-0.3, -0.25) is 0 Å². The van der Waals surface area contributed by atoms with Crippen LogP contribution in [0.3, 0.4) is 0 Å². The van der Waals surface area contributed by atoms with Gasteiger partial charge in [0.1, 0.15) is 0 Å². The molecule has 2 rings (SSSR count). The Hall–Kier alpha value is -0.490. The molecule has 1 aliphatic heterocycles. The zero-order valence-electron chi connectivity index (χ0n) is 13.0. The third-order valence-corrected chi connectivity index (χ3v) is 4.69. The van der Waals surface area contributed by atoms with Gasteiger partial charge in [0.2, 0.25) is 0 Å². The van der Waals surface area contributed by atoms with E-state index in [1.807, 2.05) is 11.3 Å². The van der Waals surface area contributed by atoms with Crippen LogP contribution in [0.4, 0.5) is 0 Å². The van der Waals surface area contributed by atoms with Crippen molar-refractivity contribution in [3.05, 3.63) is 15.6 Å². The molecule has 1 saturated heterocycles. The van der Waals surface area contributed by atoms with Crippen molar-refractivity contribution >= 4 is 11.3 Å². The molecule has 1 aliphatic rings. The second-order valence-corrected chi connectivity index (χ2v) is 7.46. The number of methoxy groups -OCH3 is 1. The molecule has 0 aromatic carbocycles. The van der Waals surface area contributed by atoms with Gasteiger partial charge in [-0.1, -0.05) is 0 Å². The SMILES string of the molecule is COCc1nc(C2CCOCC2)sc1CNC(C)(C)C. The summed E-state index contributed by atoms with van der Waals surface area (Å²) in [5, 5.41) is 4.80. The summed E-state index contributed by atoms with van der Waals surface area (Å²) in [5.41, 5.74) is 1.21. The standard InChI is InChI=1S/C15H26N2O2S/c1-15(2,3)16-9-13-12(10-18-4)17-14(20-13)11-5-7-19-8-6-11/h11,16H,5-10H2,1-4H3. The number of nitrogens with one attached hydrogen (secondary N) is 1. The van der Waals surface area contributed by atoms with E-state index in [2.05, 4.69) is 26.1 Å². The maximum absolute atomic E-state index is 5.44. The average Bonchev–Trinajstić information content (AvgIpc) is 2.80. The summed E-state index contributed by atoms with van der Waals surface area (Å²) in [7, 11) is 1.73. The topological polar surface area (TPSA) is 43.4 Å². The summed E-state index contributed by atoms with van der Waals surface area (Å²) in [6.07, 6.45) is 2.18. The van der Waals surface area contributed by atoms with Crippen LogP contribution in [0.2, 0.25) is 0 Å². The number of ether oxygens (including phenoxy) is 2. The van der Waals surface area contributed by atoms with E-state index in [1.54, 1.807) is 7.11 Å². The Labute approximate surface area is 125 Å². The highest BCUT2D eigenvalue weighted by molar-refractivity contribution is 7.11. The van der Waals surface area contributed by atoms with Crippen LogP contribution in [-0.2, 0) is 22.6 Å². The summed E-state index contributed by atoms with van der Waals surface area (Å²) in [6, 6.07) is 0. The molecule has 0 saturated carbocycles. The van der Waals surface area contributed by atoms with Gasteiger partial charge >= 0.3 is 0 Å². The van der Waals surface area contributed by atoms with Crippen LogP contribution in [-0.4, -0.2) is 30.8 Å². The third-order valence-electron chi connectivity index (χ3n) is 3.43. The van der Waals surface area contributed by atoms with Gasteiger partial charge in [-0.2, -0.15) is 0 Å². The molecule has 0 atom stereocenters. The van der Waals surface area contributed by atoms with Gasteiger partial charge in [0, 0.05) is 43.2 Å². The highest BCUT2D eigenvalue weighted by Crippen LogP contribution is 2.32. The molecule has 1 fully saturated rings. The van der Waals surface area contributed by atoms with Crippen molar-refractivity contribution in [3.8, 4) is 0 Å². The predicted octanol–water partition coefficient (Wildman–Crippen LogP) is 3.07. The lowest BCUT2D eigenvalue weighted by Gasteiger charge is -2.20. The zero-order chi connectivity index (χ0) is 14.6. The first-order valence-electron chi connectivity index (χ1n) is 7.30. The van der Waals surface area contributed by atoms with E-state index in [-0.39, 0.29) is 5.54 Å². The second-order valence-electron chi connectivity index (χ2n) is 6.35. The van der Waals surface area contributed by atoms with E-state index >= 15 is 0 Å². The molecular weight excluding hydrogens is 272 g/mol. The summed E-state index contributed by atoms with van der Waals surface area (Å²) < 4.78 is 10.7. The molecule has 114 valence electrons. The maximum atomic E-state index is 5.44. The normalized spacial score (nSPS) is 17.6. The van der Waals surface area contributed by atoms with E-state index in [1.165, 1.54) is 9.88 Å². The van der Waals surface area contributed by atoms with Crippen LogP contribution in [0, 0.1) is 0 Å². The van der Waals surface area contributed by atoms with Gasteiger partial charge < -0.3 is 14.8 Å². The quantitative estimate of drug-likeness (QED) is 0.907. The smallest absolute Gasteiger partial charge is 0.0965 e. The number of thiazole rings is 1. The van der Waals surface area contributed by atoms with Gasteiger partial charge in [-0.05, 0) is 33.6 Å². The minimum absolute atomic E-state index is 0.118. The number of rotatable bonds is 5. The molecule has 5 heteroatoms. The van der Waals surface area contributed by atoms with Crippen LogP contribution in [0.5, 0.6) is 0 Å². The molecule has 2 heterocycles. The summed E-state index contributed by atoms with van der Waals surface area (Å²) in [4.78, 5) is 6.13. The lowest BCUT2D eigenvalue weighted by molar-refractivity contribution is 0.0851. The summed E-state index contributed by atoms with van der Waals surface area (Å²) >= 11 is 1.84. The van der Waals surface area contributed by atoms with Gasteiger partial charge in [0.25, 0.3) is 0 Å². The maximum Gasteiger partial charge on any atom is 0.0965 e. The van der Waals surface area contributed by atoms with Crippen LogP contribution in [0.15, 0.2) is 0 Å². The highest BCUT2D eigenvalue weighted by Gasteiger charge is 2.22. The monoisotopic (exact) mass is 298 g/mol. The summed E-state index contributed by atoms with van der Waals surface area (Å²) in [5.74, 6) is 0.563. The van der Waals surface area contributed by atoms with Crippen LogP contribution in [0.25, 0.3) is 0 Å². The molecule has 20 heavy (non-hydrogen) atoms. The van der Waals surface area contributed by atoms with Gasteiger partial charge in [-0.25, -0.2) is 4.98 Å². The molecular formula is C15H26N2O2S. The number of hydrogen-bond acceptors (Lipinski definition) is 5. The molecule has 0 radical (unpaired) electrons. The average molecular weight is 298 g/mol. The van der Waals surface area contributed by atoms with Crippen molar-refractivity contribution in [2.24, 2.45) is 0 Å². The first kappa shape index (κ1) is 15.9. The van der Waals surface area contributed by atoms with Crippen molar-refractivity contribution in [3.63, 3.8) is 0 Å². The highest BCUT2D eigenvalue weighted by atomic mass is 32.1. The Morgan fingerprint density at radius 3 is 2.65 bits per heavy atom. The van der Waals surface area contributed by atoms with E-state index in [0.29, 0.717) is 12.5 Å². The lowest BCUT2D eigenvalue weighted by atomic mass is 10.0. The van der Waals surface area contributed by atoms with E-state index in [9.17, 15) is 0 Å². The Morgan fingerprint density at radius 1 is 1.35 bits per heavy atom. The van der Waals surface area contributed by atoms with Gasteiger partial charge in [0.15, 0.2) is 0 Å². The molecule has 1 N–H and O–H groups in total. The Kier molecular flexibility index (Phi) is 5.55. The van der Waals surface area contributed by atoms with Gasteiger partial charge in [-0.15, -0.1) is 11.3 Å². The van der Waals surface area contributed by atoms with Crippen LogP contribution < -0.4 is 5.32 Å². The Bertz CT molecular complexity index is 420. The molecule has 0 bridgehead atoms. The lowest BCUT2D eigenvalue weighted by Crippen LogP contribution is -2.35. The molecule has 0 spiro atoms. The fraction of sp³-hybridized carbons (Fsp3) is 0.800. The number of hydrogen-bond donors (Lipinski definition) is 1. The van der Waals surface area contributed by atoms with Crippen molar-refractivity contribution in [1.82, 2.24) is 10.3 Å². The van der Waals surface area contributed by atoms with Crippen molar-refractivity contribution < 1.29 is 9.47 Å². The minimum atomic E-state index is 0.118. The molecule has 0 unspecified atom stereocenters. The van der Waals surface area contributed by atoms with Crippen molar-refractivity contribution in [1.29, 1.82) is 0 Å². The zero-order valence-corrected chi connectivity index (χ0v) is 13.8. The van der Waals surface area contributed by atoms with Crippen molar-refractivity contribution in [2.75, 3.05) is 20.3 Å². The predicted molar refractivity (Wildman–Crippen MR) is 82.2 cm³/mol. The molecule has 1 aromatic heterocycles. The molecule has 0 aliphatic carbocycles. The minimum Gasteiger partial charge on any atom is -0.381 e. The first-order valence-corrected chi connectivity index (χ1v) is 8.11. The second kappa shape index (κ2) is 6.98. The Balaban J connectivity index is 2.10. The molecule has 0 amide bonds. The van der Waals surface area contributed by atoms with Crippen LogP contribution in [0.1, 0.15) is 55.1 Å². The first-order chi connectivity index (χ1) is 9.49. The van der Waals surface area contributed by atoms with E-state index in [4.69, 9.17) is 14.5 Å². The van der Waals surface area contributed by atoms with Crippen molar-refractivity contribution in [2.45, 2.75) is 58.2 Å². The number of nitrogens with zero attached hydrogens (tertiary/aromatic N) is 1. The van der Waals surface area contributed by atoms with Crippen LogP contribution >= 0.6 is 11.3 Å².